The molecule has 1 amide bonds. The van der Waals surface area contributed by atoms with Crippen LogP contribution in [0.15, 0.2) is 29.6 Å². The number of thiazole rings is 1. The number of hydrogen-bond acceptors (Lipinski definition) is 5. The highest BCUT2D eigenvalue weighted by Crippen LogP contribution is 2.25. The molecule has 2 heterocycles. The minimum Gasteiger partial charge on any atom is -0.381 e. The molecular weight excluding hydrogens is 334 g/mol. The third-order valence-electron chi connectivity index (χ3n) is 3.87. The summed E-state index contributed by atoms with van der Waals surface area (Å²) in [5.74, 6) is -0.151. The number of nitrogens with zero attached hydrogens (tertiary/aromatic N) is 1. The fourth-order valence-electron chi connectivity index (χ4n) is 2.47. The lowest BCUT2D eigenvalue weighted by molar-refractivity contribution is -0.124. The van der Waals surface area contributed by atoms with E-state index in [9.17, 15) is 4.79 Å². The normalized spacial score (nSPS) is 16.4. The van der Waals surface area contributed by atoms with Crippen molar-refractivity contribution in [2.24, 2.45) is 5.73 Å². The van der Waals surface area contributed by atoms with Gasteiger partial charge in [-0.2, -0.15) is 0 Å². The second-order valence-electron chi connectivity index (χ2n) is 5.56. The van der Waals surface area contributed by atoms with Crippen molar-refractivity contribution in [1.29, 1.82) is 0 Å². The largest absolute Gasteiger partial charge is 0.381 e. The molecule has 0 saturated carbocycles. The van der Waals surface area contributed by atoms with E-state index < -0.39 is 5.54 Å². The van der Waals surface area contributed by atoms with E-state index >= 15 is 0 Å². The van der Waals surface area contributed by atoms with E-state index in [0.29, 0.717) is 26.1 Å². The maximum Gasteiger partial charge on any atom is 0.244 e. The summed E-state index contributed by atoms with van der Waals surface area (Å²) in [4.78, 5) is 16.9. The number of nitrogens with two attached hydrogens (primary N) is 1. The molecule has 2 aromatic rings. The second-order valence-corrected chi connectivity index (χ2v) is 6.62. The summed E-state index contributed by atoms with van der Waals surface area (Å²) in [6, 6.07) is 7.68. The molecule has 1 saturated heterocycles. The molecule has 0 radical (unpaired) electrons. The van der Waals surface area contributed by atoms with E-state index in [0.717, 1.165) is 22.0 Å². The molecule has 3 rings (SSSR count). The van der Waals surface area contributed by atoms with Crippen molar-refractivity contribution < 1.29 is 9.53 Å². The molecule has 0 spiro atoms. The molecule has 0 atom stereocenters. The van der Waals surface area contributed by atoms with Gasteiger partial charge in [0, 0.05) is 29.8 Å². The Balaban J connectivity index is 0.00000192. The molecule has 1 aromatic carbocycles. The Labute approximate surface area is 145 Å². The number of carbonyl (C=O) groups excluding carboxylic acids is 1. The van der Waals surface area contributed by atoms with E-state index in [1.165, 1.54) is 0 Å². The third-order valence-corrected chi connectivity index (χ3v) is 4.65. The van der Waals surface area contributed by atoms with Crippen LogP contribution >= 0.6 is 23.7 Å². The van der Waals surface area contributed by atoms with E-state index in [2.05, 4.69) is 10.3 Å². The van der Waals surface area contributed by atoms with Crippen LogP contribution in [-0.2, 0) is 9.53 Å². The van der Waals surface area contributed by atoms with Crippen molar-refractivity contribution in [1.82, 2.24) is 4.98 Å². The first kappa shape index (κ1) is 17.9. The third kappa shape index (κ3) is 4.09. The van der Waals surface area contributed by atoms with Crippen LogP contribution in [0.1, 0.15) is 17.8 Å². The lowest BCUT2D eigenvalue weighted by Crippen LogP contribution is -2.54. The van der Waals surface area contributed by atoms with Gasteiger partial charge in [-0.15, -0.1) is 23.7 Å². The molecule has 23 heavy (non-hydrogen) atoms. The molecule has 7 heteroatoms. The zero-order valence-electron chi connectivity index (χ0n) is 12.9. The molecule has 0 aliphatic carbocycles. The monoisotopic (exact) mass is 353 g/mol. The number of halogens is 1. The number of ether oxygens (including phenoxy) is 1. The van der Waals surface area contributed by atoms with Gasteiger partial charge in [0.1, 0.15) is 5.54 Å². The number of anilines is 1. The Morgan fingerprint density at radius 2 is 2.13 bits per heavy atom. The number of nitrogens with one attached hydrogen (secondary N) is 1. The quantitative estimate of drug-likeness (QED) is 0.889. The number of rotatable bonds is 3. The van der Waals surface area contributed by atoms with Gasteiger partial charge in [0.2, 0.25) is 5.91 Å². The average Bonchev–Trinajstić information content (AvgIpc) is 2.95. The zero-order valence-corrected chi connectivity index (χ0v) is 14.5. The lowest BCUT2D eigenvalue weighted by atomic mass is 9.90. The van der Waals surface area contributed by atoms with Gasteiger partial charge in [-0.05, 0) is 31.9 Å². The van der Waals surface area contributed by atoms with Crippen LogP contribution in [0, 0.1) is 6.92 Å². The van der Waals surface area contributed by atoms with Crippen molar-refractivity contribution in [2.75, 3.05) is 18.5 Å². The number of aryl methyl sites for hydroxylation is 1. The van der Waals surface area contributed by atoms with Crippen molar-refractivity contribution in [2.45, 2.75) is 25.3 Å². The summed E-state index contributed by atoms with van der Waals surface area (Å²) in [6.07, 6.45) is 1.09. The summed E-state index contributed by atoms with van der Waals surface area (Å²) >= 11 is 1.61. The molecule has 124 valence electrons. The Morgan fingerprint density at radius 3 is 2.78 bits per heavy atom. The van der Waals surface area contributed by atoms with Gasteiger partial charge in [-0.3, -0.25) is 4.79 Å². The van der Waals surface area contributed by atoms with E-state index in [4.69, 9.17) is 10.5 Å². The van der Waals surface area contributed by atoms with E-state index in [-0.39, 0.29) is 18.3 Å². The van der Waals surface area contributed by atoms with Crippen LogP contribution < -0.4 is 11.1 Å². The number of benzene rings is 1. The van der Waals surface area contributed by atoms with Crippen LogP contribution in [0.2, 0.25) is 0 Å². The predicted octanol–water partition coefficient (Wildman–Crippen LogP) is 2.99. The Morgan fingerprint density at radius 1 is 1.39 bits per heavy atom. The maximum absolute atomic E-state index is 12.4. The number of carbonyl (C=O) groups is 1. The summed E-state index contributed by atoms with van der Waals surface area (Å²) in [5, 5.41) is 5.96. The number of aromatic nitrogens is 1. The van der Waals surface area contributed by atoms with Crippen LogP contribution in [0.4, 0.5) is 5.69 Å². The summed E-state index contributed by atoms with van der Waals surface area (Å²) in [6.45, 7) is 3.03. The predicted molar refractivity (Wildman–Crippen MR) is 95.1 cm³/mol. The summed E-state index contributed by atoms with van der Waals surface area (Å²) < 4.78 is 5.28. The van der Waals surface area contributed by atoms with Crippen LogP contribution in [0.3, 0.4) is 0 Å². The average molecular weight is 354 g/mol. The van der Waals surface area contributed by atoms with Gasteiger partial charge in [0.15, 0.2) is 0 Å². The fourth-order valence-corrected chi connectivity index (χ4v) is 3.09. The van der Waals surface area contributed by atoms with Gasteiger partial charge in [0.25, 0.3) is 0 Å². The summed E-state index contributed by atoms with van der Waals surface area (Å²) in [7, 11) is 0. The molecule has 0 bridgehead atoms. The van der Waals surface area contributed by atoms with Crippen molar-refractivity contribution in [3.05, 3.63) is 34.7 Å². The lowest BCUT2D eigenvalue weighted by Gasteiger charge is -2.31. The summed E-state index contributed by atoms with van der Waals surface area (Å²) in [5.41, 5.74) is 8.01. The van der Waals surface area contributed by atoms with Gasteiger partial charge >= 0.3 is 0 Å². The van der Waals surface area contributed by atoms with Crippen molar-refractivity contribution in [3.63, 3.8) is 0 Å². The molecule has 1 aliphatic heterocycles. The molecule has 5 nitrogen and oxygen atoms in total. The first-order valence-electron chi connectivity index (χ1n) is 7.27. The van der Waals surface area contributed by atoms with Gasteiger partial charge in [-0.1, -0.05) is 12.1 Å². The molecule has 1 fully saturated rings. The molecule has 1 aliphatic rings. The Kier molecular flexibility index (Phi) is 5.75. The fraction of sp³-hybridized carbons (Fsp3) is 0.375. The highest BCUT2D eigenvalue weighted by molar-refractivity contribution is 7.09. The van der Waals surface area contributed by atoms with Gasteiger partial charge in [-0.25, -0.2) is 4.98 Å². The Bertz CT molecular complexity index is 683. The van der Waals surface area contributed by atoms with Crippen LogP contribution in [0.5, 0.6) is 0 Å². The second kappa shape index (κ2) is 7.40. The standard InChI is InChI=1S/C16H19N3O2S.ClH/c1-11-18-14(10-22-11)12-3-2-4-13(9-12)19-15(20)16(17)5-7-21-8-6-16;/h2-4,9-10H,5-8,17H2,1H3,(H,19,20);1H. The maximum atomic E-state index is 12.4. The van der Waals surface area contributed by atoms with Gasteiger partial charge in [0.05, 0.1) is 10.7 Å². The smallest absolute Gasteiger partial charge is 0.244 e. The number of amides is 1. The first-order valence-corrected chi connectivity index (χ1v) is 8.15. The van der Waals surface area contributed by atoms with Crippen LogP contribution in [-0.4, -0.2) is 29.6 Å². The first-order chi connectivity index (χ1) is 10.6. The van der Waals surface area contributed by atoms with Crippen LogP contribution in [0.25, 0.3) is 11.3 Å². The van der Waals surface area contributed by atoms with Crippen molar-refractivity contribution in [3.8, 4) is 11.3 Å². The van der Waals surface area contributed by atoms with E-state index in [1.807, 2.05) is 36.6 Å². The molecular formula is C16H20ClN3O2S. The zero-order chi connectivity index (χ0) is 15.6. The SMILES string of the molecule is Cc1nc(-c2cccc(NC(=O)C3(N)CCOCC3)c2)cs1.Cl. The molecule has 3 N–H and O–H groups in total. The Hall–Kier alpha value is -1.47. The minimum absolute atomic E-state index is 0. The highest BCUT2D eigenvalue weighted by Gasteiger charge is 2.35. The van der Waals surface area contributed by atoms with Gasteiger partial charge < -0.3 is 15.8 Å². The topological polar surface area (TPSA) is 77.2 Å². The number of hydrogen-bond donors (Lipinski definition) is 2. The van der Waals surface area contributed by atoms with E-state index in [1.54, 1.807) is 11.3 Å². The highest BCUT2D eigenvalue weighted by atomic mass is 35.5. The molecule has 0 unspecified atom stereocenters. The molecule has 1 aromatic heterocycles. The van der Waals surface area contributed by atoms with Crippen molar-refractivity contribution >= 4 is 35.3 Å². The minimum atomic E-state index is -0.842.